The third-order valence-electron chi connectivity index (χ3n) is 1.01. The van der Waals surface area contributed by atoms with Crippen molar-refractivity contribution in [3.05, 3.63) is 0 Å². The van der Waals surface area contributed by atoms with Gasteiger partial charge in [0.25, 0.3) is 0 Å². The molecule has 0 bridgehead atoms. The Labute approximate surface area is 64.6 Å². The Hall–Kier alpha value is 0.0969. The van der Waals surface area contributed by atoms with Gasteiger partial charge in [0.05, 0.1) is 0 Å². The first-order chi connectivity index (χ1) is 4.85. The van der Waals surface area contributed by atoms with Gasteiger partial charge in [-0.2, -0.15) is 0 Å². The normalized spacial score (nSPS) is 10.8. The first-order valence-electron chi connectivity index (χ1n) is 3.81. The minimum absolute atomic E-state index is 0.740. The van der Waals surface area contributed by atoms with Gasteiger partial charge in [-0.25, -0.2) is 0 Å². The molecule has 0 aliphatic carbocycles. The van der Waals surface area contributed by atoms with Crippen LogP contribution in [0, 0.1) is 0 Å². The number of nitrogens with one attached hydrogen (secondary N) is 1. The fourth-order valence-corrected chi connectivity index (χ4v) is 1.91. The van der Waals surface area contributed by atoms with Crippen LogP contribution in [0.5, 0.6) is 0 Å². The van der Waals surface area contributed by atoms with Crippen molar-refractivity contribution in [2.45, 2.75) is 20.8 Å². The van der Waals surface area contributed by atoms with E-state index >= 15 is 0 Å². The molecule has 0 radical (unpaired) electrons. The van der Waals surface area contributed by atoms with Gasteiger partial charge in [0.2, 0.25) is 0 Å². The van der Waals surface area contributed by atoms with E-state index in [0.717, 1.165) is 19.8 Å². The van der Waals surface area contributed by atoms with Crippen molar-refractivity contribution in [1.29, 1.82) is 0 Å². The molecule has 1 N–H and O–H groups in total. The monoisotopic (exact) mass is 163 g/mol. The van der Waals surface area contributed by atoms with Gasteiger partial charge in [-0.05, 0) is 20.4 Å². The number of rotatable bonds is 6. The third kappa shape index (κ3) is 4.93. The minimum atomic E-state index is -1.48. The molecule has 0 unspecified atom stereocenters. The molecule has 3 nitrogen and oxygen atoms in total. The fraction of sp³-hybridized carbons (Fsp3) is 1.00. The molecule has 0 rings (SSSR count). The molecular weight excluding hydrogens is 146 g/mol. The molecule has 4 heteroatoms. The lowest BCUT2D eigenvalue weighted by atomic mass is 10.8. The Morgan fingerprint density at radius 2 is 1.60 bits per heavy atom. The van der Waals surface area contributed by atoms with Crippen LogP contribution in [0.15, 0.2) is 0 Å². The van der Waals surface area contributed by atoms with E-state index in [1.54, 1.807) is 0 Å². The van der Waals surface area contributed by atoms with Crippen molar-refractivity contribution < 1.29 is 8.85 Å². The van der Waals surface area contributed by atoms with Crippen LogP contribution in [0.4, 0.5) is 0 Å². The lowest BCUT2D eigenvalue weighted by Gasteiger charge is -2.13. The molecule has 0 saturated carbocycles. The zero-order valence-corrected chi connectivity index (χ0v) is 8.17. The molecule has 0 fully saturated rings. The first-order valence-corrected chi connectivity index (χ1v) is 5.33. The summed E-state index contributed by atoms with van der Waals surface area (Å²) in [6.45, 7) is 8.43. The van der Waals surface area contributed by atoms with Crippen LogP contribution in [0.3, 0.4) is 0 Å². The summed E-state index contributed by atoms with van der Waals surface area (Å²) < 4.78 is 10.7. The van der Waals surface area contributed by atoms with E-state index < -0.39 is 9.45 Å². The van der Waals surface area contributed by atoms with Crippen LogP contribution < -0.4 is 4.98 Å². The lowest BCUT2D eigenvalue weighted by Crippen LogP contribution is -2.39. The molecule has 62 valence electrons. The molecule has 10 heavy (non-hydrogen) atoms. The summed E-state index contributed by atoms with van der Waals surface area (Å²) in [5, 5.41) is 0. The zero-order chi connectivity index (χ0) is 7.82. The summed E-state index contributed by atoms with van der Waals surface area (Å²) in [6, 6.07) is 0. The molecule has 0 aromatic heterocycles. The lowest BCUT2D eigenvalue weighted by molar-refractivity contribution is 0.204. The molecule has 0 heterocycles. The Morgan fingerprint density at radius 3 is 1.90 bits per heavy atom. The second-order valence-corrected chi connectivity index (χ2v) is 3.54. The van der Waals surface area contributed by atoms with Crippen molar-refractivity contribution in [3.8, 4) is 0 Å². The summed E-state index contributed by atoms with van der Waals surface area (Å²) in [5.41, 5.74) is 0. The zero-order valence-electron chi connectivity index (χ0n) is 7.02. The molecule has 0 saturated heterocycles. The maximum Gasteiger partial charge on any atom is 0.408 e. The van der Waals surface area contributed by atoms with E-state index in [1.807, 2.05) is 13.8 Å². The largest absolute Gasteiger partial charge is 0.408 e. The Balaban J connectivity index is 3.30. The van der Waals surface area contributed by atoms with Crippen LogP contribution in [0.25, 0.3) is 0 Å². The molecule has 0 spiro atoms. The smallest absolute Gasteiger partial charge is 0.385 e. The van der Waals surface area contributed by atoms with Crippen molar-refractivity contribution in [2.75, 3.05) is 19.8 Å². The van der Waals surface area contributed by atoms with E-state index in [2.05, 4.69) is 11.9 Å². The van der Waals surface area contributed by atoms with Gasteiger partial charge in [0, 0.05) is 13.2 Å². The van der Waals surface area contributed by atoms with Crippen molar-refractivity contribution in [1.82, 2.24) is 4.98 Å². The average molecular weight is 163 g/mol. The van der Waals surface area contributed by atoms with Gasteiger partial charge in [-0.1, -0.05) is 6.92 Å². The second kappa shape index (κ2) is 7.21. The number of hydrogen-bond donors (Lipinski definition) is 1. The molecule has 0 amide bonds. The van der Waals surface area contributed by atoms with Gasteiger partial charge >= 0.3 is 9.45 Å². The van der Waals surface area contributed by atoms with Crippen LogP contribution in [0.1, 0.15) is 20.8 Å². The summed E-state index contributed by atoms with van der Waals surface area (Å²) >= 11 is 0. The van der Waals surface area contributed by atoms with Crippen LogP contribution in [0.2, 0.25) is 0 Å². The molecule has 0 aliphatic heterocycles. The minimum Gasteiger partial charge on any atom is -0.385 e. The molecule has 0 aromatic carbocycles. The van der Waals surface area contributed by atoms with Gasteiger partial charge in [0.1, 0.15) is 0 Å². The maximum absolute atomic E-state index is 5.33. The highest BCUT2D eigenvalue weighted by atomic mass is 28.3. The van der Waals surface area contributed by atoms with Crippen molar-refractivity contribution >= 4 is 9.45 Å². The maximum atomic E-state index is 5.33. The van der Waals surface area contributed by atoms with Gasteiger partial charge in [-0.15, -0.1) is 0 Å². The summed E-state index contributed by atoms with van der Waals surface area (Å²) in [6.07, 6.45) is 0. The molecule has 0 aromatic rings. The van der Waals surface area contributed by atoms with Crippen molar-refractivity contribution in [2.24, 2.45) is 0 Å². The van der Waals surface area contributed by atoms with E-state index in [4.69, 9.17) is 8.85 Å². The van der Waals surface area contributed by atoms with Crippen molar-refractivity contribution in [3.63, 3.8) is 0 Å². The van der Waals surface area contributed by atoms with Crippen LogP contribution >= 0.6 is 0 Å². The highest BCUT2D eigenvalue weighted by Crippen LogP contribution is 1.83. The Morgan fingerprint density at radius 1 is 1.10 bits per heavy atom. The Kier molecular flexibility index (Phi) is 7.28. The third-order valence-corrected chi connectivity index (χ3v) is 3.02. The Bertz CT molecular complexity index is 58.5. The van der Waals surface area contributed by atoms with E-state index in [0.29, 0.717) is 0 Å². The molecule has 0 atom stereocenters. The predicted molar refractivity (Wildman–Crippen MR) is 44.1 cm³/mol. The number of hydrogen-bond acceptors (Lipinski definition) is 3. The highest BCUT2D eigenvalue weighted by molar-refractivity contribution is 6.41. The highest BCUT2D eigenvalue weighted by Gasteiger charge is 2.08. The quantitative estimate of drug-likeness (QED) is 0.574. The molecular formula is C6H17NO2Si. The average Bonchev–Trinajstić information content (AvgIpc) is 1.90. The fourth-order valence-electron chi connectivity index (χ4n) is 0.635. The van der Waals surface area contributed by atoms with E-state index in [1.165, 1.54) is 0 Å². The first kappa shape index (κ1) is 10.1. The van der Waals surface area contributed by atoms with E-state index in [-0.39, 0.29) is 0 Å². The van der Waals surface area contributed by atoms with Gasteiger partial charge in [0.15, 0.2) is 0 Å². The summed E-state index contributed by atoms with van der Waals surface area (Å²) in [7, 11) is -1.48. The van der Waals surface area contributed by atoms with Crippen LogP contribution in [-0.4, -0.2) is 29.2 Å². The molecule has 0 aliphatic rings. The standard InChI is InChI=1S/C6H17NO2Si/c1-4-7-10(8-5-2)9-6-3/h7,10H,4-6H2,1-3H3. The van der Waals surface area contributed by atoms with Crippen LogP contribution in [-0.2, 0) is 8.85 Å². The topological polar surface area (TPSA) is 30.5 Å². The van der Waals surface area contributed by atoms with E-state index in [9.17, 15) is 0 Å². The predicted octanol–water partition coefficient (Wildman–Crippen LogP) is 0.386. The summed E-state index contributed by atoms with van der Waals surface area (Å²) in [4.78, 5) is 3.18. The van der Waals surface area contributed by atoms with Gasteiger partial charge in [-0.3, -0.25) is 4.98 Å². The van der Waals surface area contributed by atoms with Gasteiger partial charge < -0.3 is 8.85 Å². The summed E-state index contributed by atoms with van der Waals surface area (Å²) in [5.74, 6) is 0. The SMILES string of the molecule is CCN[SiH](OCC)OCC. The second-order valence-electron chi connectivity index (χ2n) is 1.80.